The number of likely N-dealkylation sites (tertiary alicyclic amines) is 1. The Hall–Kier alpha value is -2.83. The van der Waals surface area contributed by atoms with Crippen molar-refractivity contribution in [2.24, 2.45) is 0 Å². The molecular formula is C19H22N4O3. The van der Waals surface area contributed by atoms with Crippen molar-refractivity contribution in [3.63, 3.8) is 0 Å². The Kier molecular flexibility index (Phi) is 4.36. The number of amides is 1. The Bertz CT molecular complexity index is 930. The molecule has 0 unspecified atom stereocenters. The number of aromatic nitrogens is 3. The average molecular weight is 354 g/mol. The predicted molar refractivity (Wildman–Crippen MR) is 95.9 cm³/mol. The Morgan fingerprint density at radius 2 is 2.31 bits per heavy atom. The van der Waals surface area contributed by atoms with Crippen LogP contribution in [0, 0.1) is 6.92 Å². The summed E-state index contributed by atoms with van der Waals surface area (Å²) in [6, 6.07) is 7.89. The minimum atomic E-state index is 0.0134. The van der Waals surface area contributed by atoms with Gasteiger partial charge in [0.05, 0.1) is 24.2 Å². The molecule has 7 heteroatoms. The van der Waals surface area contributed by atoms with Crippen LogP contribution in [-0.4, -0.2) is 39.6 Å². The number of nitrogens with one attached hydrogen (secondary N) is 1. The number of carbonyl (C=O) groups excluding carboxylic acids is 1. The maximum absolute atomic E-state index is 12.7. The Morgan fingerprint density at radius 3 is 3.12 bits per heavy atom. The van der Waals surface area contributed by atoms with Crippen molar-refractivity contribution in [3.8, 4) is 5.88 Å². The lowest BCUT2D eigenvalue weighted by molar-refractivity contribution is -0.132. The van der Waals surface area contributed by atoms with Crippen molar-refractivity contribution in [1.82, 2.24) is 20.0 Å². The maximum Gasteiger partial charge on any atom is 0.254 e. The number of fused-ring (bicyclic) bond motifs is 1. The van der Waals surface area contributed by atoms with Crippen molar-refractivity contribution in [2.75, 3.05) is 13.7 Å². The van der Waals surface area contributed by atoms with Gasteiger partial charge < -0.3 is 19.1 Å². The number of aromatic amines is 1. The highest BCUT2D eigenvalue weighted by Gasteiger charge is 2.32. The number of imidazole rings is 1. The first-order valence-corrected chi connectivity index (χ1v) is 8.89. The number of ether oxygens (including phenoxy) is 1. The summed E-state index contributed by atoms with van der Waals surface area (Å²) in [6.45, 7) is 2.82. The van der Waals surface area contributed by atoms with Gasteiger partial charge in [-0.1, -0.05) is 6.07 Å². The molecule has 1 atom stereocenters. The van der Waals surface area contributed by atoms with Crippen LogP contribution in [0.25, 0.3) is 11.0 Å². The first kappa shape index (κ1) is 16.6. The van der Waals surface area contributed by atoms with Gasteiger partial charge in [-0.3, -0.25) is 4.79 Å². The van der Waals surface area contributed by atoms with E-state index in [1.807, 2.05) is 11.0 Å². The summed E-state index contributed by atoms with van der Waals surface area (Å²) in [7, 11) is 1.54. The summed E-state index contributed by atoms with van der Waals surface area (Å²) in [6.07, 6.45) is 2.81. The van der Waals surface area contributed by atoms with Crippen molar-refractivity contribution in [2.45, 2.75) is 38.6 Å². The van der Waals surface area contributed by atoms with E-state index < -0.39 is 0 Å². The van der Waals surface area contributed by atoms with Crippen LogP contribution in [0.2, 0.25) is 0 Å². The van der Waals surface area contributed by atoms with Gasteiger partial charge in [0, 0.05) is 25.5 Å². The van der Waals surface area contributed by atoms with Gasteiger partial charge in [0.25, 0.3) is 5.88 Å². The highest BCUT2D eigenvalue weighted by Crippen LogP contribution is 2.32. The number of benzene rings is 1. The van der Waals surface area contributed by atoms with Gasteiger partial charge in [-0.15, -0.1) is 0 Å². The second-order valence-electron chi connectivity index (χ2n) is 6.72. The minimum absolute atomic E-state index is 0.0134. The summed E-state index contributed by atoms with van der Waals surface area (Å²) in [5, 5.41) is 3.77. The minimum Gasteiger partial charge on any atom is -0.479 e. The summed E-state index contributed by atoms with van der Waals surface area (Å²) in [5.74, 6) is 2.08. The average Bonchev–Trinajstić information content (AvgIpc) is 3.36. The molecule has 1 saturated heterocycles. The van der Waals surface area contributed by atoms with Gasteiger partial charge in [0.15, 0.2) is 0 Å². The van der Waals surface area contributed by atoms with Crippen LogP contribution < -0.4 is 4.74 Å². The lowest BCUT2D eigenvalue weighted by Gasteiger charge is -2.23. The second kappa shape index (κ2) is 6.82. The zero-order chi connectivity index (χ0) is 18.1. The molecule has 1 aromatic carbocycles. The van der Waals surface area contributed by atoms with Gasteiger partial charge in [-0.05, 0) is 42.6 Å². The van der Waals surface area contributed by atoms with E-state index in [4.69, 9.17) is 14.2 Å². The Balaban J connectivity index is 1.47. The molecule has 0 aliphatic carbocycles. The molecule has 0 radical (unpaired) electrons. The molecule has 1 aliphatic heterocycles. The highest BCUT2D eigenvalue weighted by atomic mass is 16.5. The fraction of sp³-hybridized carbons (Fsp3) is 0.421. The molecule has 0 bridgehead atoms. The van der Waals surface area contributed by atoms with E-state index >= 15 is 0 Å². The molecule has 7 nitrogen and oxygen atoms in total. The van der Waals surface area contributed by atoms with E-state index in [-0.39, 0.29) is 11.9 Å². The van der Waals surface area contributed by atoms with Crippen LogP contribution >= 0.6 is 0 Å². The van der Waals surface area contributed by atoms with Crippen LogP contribution in [0.3, 0.4) is 0 Å². The zero-order valence-corrected chi connectivity index (χ0v) is 15.0. The van der Waals surface area contributed by atoms with E-state index in [0.29, 0.717) is 24.5 Å². The van der Waals surface area contributed by atoms with Gasteiger partial charge in [0.2, 0.25) is 5.91 Å². The fourth-order valence-corrected chi connectivity index (χ4v) is 3.53. The number of nitrogens with zero attached hydrogens (tertiary/aromatic N) is 3. The molecule has 2 aromatic heterocycles. The molecule has 4 rings (SSSR count). The number of methoxy groups -OCH3 is 1. The number of H-pyrrole nitrogens is 1. The topological polar surface area (TPSA) is 84.2 Å². The summed E-state index contributed by atoms with van der Waals surface area (Å²) >= 11 is 0. The van der Waals surface area contributed by atoms with Crippen LogP contribution in [0.1, 0.15) is 42.5 Å². The molecule has 0 saturated carbocycles. The number of carbonyl (C=O) groups is 1. The smallest absolute Gasteiger partial charge is 0.254 e. The molecule has 1 amide bonds. The van der Waals surface area contributed by atoms with E-state index in [0.717, 1.165) is 36.2 Å². The first-order chi connectivity index (χ1) is 12.6. The molecule has 1 aliphatic rings. The van der Waals surface area contributed by atoms with Crippen molar-refractivity contribution < 1.29 is 14.1 Å². The number of rotatable bonds is 5. The number of hydrogen-bond acceptors (Lipinski definition) is 5. The van der Waals surface area contributed by atoms with E-state index in [9.17, 15) is 4.79 Å². The van der Waals surface area contributed by atoms with E-state index in [1.165, 1.54) is 12.7 Å². The normalized spacial score (nSPS) is 17.2. The SMILES string of the molecule is COc1cc(CCC(=O)N2CCC[C@@H]2c2nc3ccc(C)cc3[nH]2)on1. The summed E-state index contributed by atoms with van der Waals surface area (Å²) in [5.41, 5.74) is 3.15. The molecule has 1 fully saturated rings. The lowest BCUT2D eigenvalue weighted by Crippen LogP contribution is -2.31. The molecule has 1 N–H and O–H groups in total. The summed E-state index contributed by atoms with van der Waals surface area (Å²) < 4.78 is 10.2. The van der Waals surface area contributed by atoms with Crippen LogP contribution in [-0.2, 0) is 11.2 Å². The van der Waals surface area contributed by atoms with Crippen molar-refractivity contribution in [1.29, 1.82) is 0 Å². The molecule has 3 aromatic rings. The van der Waals surface area contributed by atoms with Gasteiger partial charge in [-0.25, -0.2) is 4.98 Å². The molecule has 3 heterocycles. The fourth-order valence-electron chi connectivity index (χ4n) is 3.53. The Labute approximate surface area is 151 Å². The largest absolute Gasteiger partial charge is 0.479 e. The quantitative estimate of drug-likeness (QED) is 0.761. The molecule has 0 spiro atoms. The van der Waals surface area contributed by atoms with Gasteiger partial charge in [0.1, 0.15) is 11.6 Å². The van der Waals surface area contributed by atoms with Crippen LogP contribution in [0.15, 0.2) is 28.8 Å². The lowest BCUT2D eigenvalue weighted by atomic mass is 10.2. The summed E-state index contributed by atoms with van der Waals surface area (Å²) in [4.78, 5) is 22.8. The highest BCUT2D eigenvalue weighted by molar-refractivity contribution is 5.78. The van der Waals surface area contributed by atoms with Gasteiger partial charge >= 0.3 is 0 Å². The zero-order valence-electron chi connectivity index (χ0n) is 15.0. The second-order valence-corrected chi connectivity index (χ2v) is 6.72. The third-order valence-corrected chi connectivity index (χ3v) is 4.88. The molecule has 136 valence electrons. The third-order valence-electron chi connectivity index (χ3n) is 4.88. The molecule has 26 heavy (non-hydrogen) atoms. The monoisotopic (exact) mass is 354 g/mol. The van der Waals surface area contributed by atoms with Crippen molar-refractivity contribution >= 4 is 16.9 Å². The van der Waals surface area contributed by atoms with Crippen LogP contribution in [0.5, 0.6) is 5.88 Å². The molecular weight excluding hydrogens is 332 g/mol. The number of aryl methyl sites for hydroxylation is 2. The maximum atomic E-state index is 12.7. The third kappa shape index (κ3) is 3.16. The van der Waals surface area contributed by atoms with Gasteiger partial charge in [-0.2, -0.15) is 0 Å². The standard InChI is InChI=1S/C19H22N4O3/c1-12-5-7-14-15(10-12)21-19(20-14)16-4-3-9-23(16)18(24)8-6-13-11-17(25-2)22-26-13/h5,7,10-11,16H,3-4,6,8-9H2,1-2H3,(H,20,21)/t16-/m1/s1. The number of hydrogen-bond donors (Lipinski definition) is 1. The Morgan fingerprint density at radius 1 is 1.42 bits per heavy atom. The van der Waals surface area contributed by atoms with Crippen molar-refractivity contribution in [3.05, 3.63) is 41.4 Å². The van der Waals surface area contributed by atoms with Crippen LogP contribution in [0.4, 0.5) is 0 Å². The van der Waals surface area contributed by atoms with E-state index in [1.54, 1.807) is 6.07 Å². The predicted octanol–water partition coefficient (Wildman–Crippen LogP) is 3.16. The first-order valence-electron chi connectivity index (χ1n) is 8.89. The van der Waals surface area contributed by atoms with E-state index in [2.05, 4.69) is 29.2 Å².